The van der Waals surface area contributed by atoms with E-state index < -0.39 is 0 Å². The molecule has 0 radical (unpaired) electrons. The zero-order chi connectivity index (χ0) is 19.3. The van der Waals surface area contributed by atoms with Gasteiger partial charge >= 0.3 is 0 Å². The van der Waals surface area contributed by atoms with E-state index in [4.69, 9.17) is 14.7 Å². The summed E-state index contributed by atoms with van der Waals surface area (Å²) in [7, 11) is 1.74. The summed E-state index contributed by atoms with van der Waals surface area (Å²) in [5.41, 5.74) is 3.03. The molecule has 28 heavy (non-hydrogen) atoms. The molecule has 0 saturated heterocycles. The van der Waals surface area contributed by atoms with Gasteiger partial charge < -0.3 is 19.9 Å². The van der Waals surface area contributed by atoms with Crippen LogP contribution in [0.1, 0.15) is 44.2 Å². The zero-order valence-electron chi connectivity index (χ0n) is 16.6. The van der Waals surface area contributed by atoms with Crippen molar-refractivity contribution >= 4 is 39.3 Å². The highest BCUT2D eigenvalue weighted by Crippen LogP contribution is 2.29. The lowest BCUT2D eigenvalue weighted by molar-refractivity contribution is 0.190. The second-order valence-corrected chi connectivity index (χ2v) is 8.23. The van der Waals surface area contributed by atoms with Crippen molar-refractivity contribution in [1.82, 2.24) is 18.9 Å². The van der Waals surface area contributed by atoms with Gasteiger partial charge in [-0.3, -0.25) is 0 Å². The molecule has 1 saturated carbocycles. The number of ether oxygens (including phenoxy) is 1. The van der Waals surface area contributed by atoms with E-state index in [2.05, 4.69) is 31.8 Å². The molecule has 0 aliphatic heterocycles. The van der Waals surface area contributed by atoms with Gasteiger partial charge in [0.15, 0.2) is 5.82 Å². The molecular formula is C20H28N6OS. The summed E-state index contributed by atoms with van der Waals surface area (Å²) < 4.78 is 11.8. The molecule has 3 heterocycles. The number of rotatable bonds is 8. The van der Waals surface area contributed by atoms with Crippen LogP contribution >= 0.6 is 11.5 Å². The van der Waals surface area contributed by atoms with Crippen molar-refractivity contribution < 1.29 is 4.74 Å². The Hall–Kier alpha value is -2.19. The fourth-order valence-electron chi connectivity index (χ4n) is 3.80. The quantitative estimate of drug-likeness (QED) is 0.533. The maximum Gasteiger partial charge on any atom is 0.230 e. The normalized spacial score (nSPS) is 15.2. The van der Waals surface area contributed by atoms with Crippen LogP contribution in [0.15, 0.2) is 18.3 Å². The third kappa shape index (κ3) is 4.44. The third-order valence-electron chi connectivity index (χ3n) is 5.17. The molecule has 0 bridgehead atoms. The van der Waals surface area contributed by atoms with E-state index >= 15 is 0 Å². The molecule has 1 fully saturated rings. The first-order chi connectivity index (χ1) is 13.7. The molecule has 3 aromatic heterocycles. The summed E-state index contributed by atoms with van der Waals surface area (Å²) in [6.07, 6.45) is 9.37. The molecule has 0 aromatic carbocycles. The molecule has 0 atom stereocenters. The average molecular weight is 401 g/mol. The molecule has 1 aliphatic rings. The lowest BCUT2D eigenvalue weighted by Gasteiger charge is -2.24. The van der Waals surface area contributed by atoms with E-state index in [1.165, 1.54) is 43.6 Å². The molecule has 8 heteroatoms. The summed E-state index contributed by atoms with van der Waals surface area (Å²) in [6.45, 7) is 3.62. The van der Waals surface area contributed by atoms with Gasteiger partial charge in [-0.05, 0) is 49.9 Å². The van der Waals surface area contributed by atoms with Gasteiger partial charge in [0.05, 0.1) is 11.2 Å². The van der Waals surface area contributed by atoms with E-state index in [0.717, 1.165) is 47.1 Å². The van der Waals surface area contributed by atoms with Gasteiger partial charge in [-0.1, -0.05) is 19.3 Å². The van der Waals surface area contributed by atoms with Crippen LogP contribution in [0.3, 0.4) is 0 Å². The Bertz CT molecular complexity index is 915. The summed E-state index contributed by atoms with van der Waals surface area (Å²) in [4.78, 5) is 9.60. The third-order valence-corrected chi connectivity index (χ3v) is 5.96. The number of nitrogens with one attached hydrogen (secondary N) is 2. The van der Waals surface area contributed by atoms with E-state index in [-0.39, 0.29) is 0 Å². The van der Waals surface area contributed by atoms with Crippen molar-refractivity contribution in [3.8, 4) is 0 Å². The number of aryl methyl sites for hydroxylation is 2. The molecule has 0 amide bonds. The smallest absolute Gasteiger partial charge is 0.230 e. The van der Waals surface area contributed by atoms with Crippen molar-refractivity contribution in [2.75, 3.05) is 24.4 Å². The average Bonchev–Trinajstić information content (AvgIpc) is 3.29. The Labute approximate surface area is 169 Å². The summed E-state index contributed by atoms with van der Waals surface area (Å²) in [5, 5.41) is 8.00. The number of nitrogens with zero attached hydrogens (tertiary/aromatic N) is 4. The lowest BCUT2D eigenvalue weighted by atomic mass is 9.95. The highest BCUT2D eigenvalue weighted by atomic mass is 32.1. The Morgan fingerprint density at radius 3 is 2.86 bits per heavy atom. The summed E-state index contributed by atoms with van der Waals surface area (Å²) in [5.74, 6) is 1.53. The fraction of sp³-hybridized carbons (Fsp3) is 0.550. The Kier molecular flexibility index (Phi) is 6.07. The Balaban J connectivity index is 1.65. The standard InChI is InChI=1S/C20H28N6OS/c1-14-13-17(28-25-14)23-20-22-16-9-11-26(10-6-12-27-2)18(16)19(24-20)21-15-7-4-3-5-8-15/h9,11,13,15H,3-8,10,12H2,1-2H3,(H2,21,22,23,24). The van der Waals surface area contributed by atoms with Gasteiger partial charge in [0.25, 0.3) is 0 Å². The summed E-state index contributed by atoms with van der Waals surface area (Å²) >= 11 is 1.43. The molecule has 0 unspecified atom stereocenters. The molecular weight excluding hydrogens is 372 g/mol. The maximum atomic E-state index is 5.22. The van der Waals surface area contributed by atoms with Crippen LogP contribution in [-0.2, 0) is 11.3 Å². The first-order valence-electron chi connectivity index (χ1n) is 10.1. The van der Waals surface area contributed by atoms with E-state index in [9.17, 15) is 0 Å². The molecule has 7 nitrogen and oxygen atoms in total. The predicted molar refractivity (Wildman–Crippen MR) is 115 cm³/mol. The number of hydrogen-bond donors (Lipinski definition) is 2. The van der Waals surface area contributed by atoms with Crippen LogP contribution < -0.4 is 10.6 Å². The number of hydrogen-bond acceptors (Lipinski definition) is 7. The largest absolute Gasteiger partial charge is 0.385 e. The van der Waals surface area contributed by atoms with Crippen molar-refractivity contribution in [2.24, 2.45) is 0 Å². The second-order valence-electron chi connectivity index (χ2n) is 7.42. The Morgan fingerprint density at radius 1 is 1.25 bits per heavy atom. The van der Waals surface area contributed by atoms with Crippen molar-refractivity contribution in [3.05, 3.63) is 24.0 Å². The molecule has 2 N–H and O–H groups in total. The number of aromatic nitrogens is 4. The summed E-state index contributed by atoms with van der Waals surface area (Å²) in [6, 6.07) is 4.56. The van der Waals surface area contributed by atoms with Crippen LogP contribution in [0.5, 0.6) is 0 Å². The predicted octanol–water partition coefficient (Wildman–Crippen LogP) is 4.72. The molecule has 4 rings (SSSR count). The first kappa shape index (κ1) is 19.1. The topological polar surface area (TPSA) is 76.9 Å². The molecule has 0 spiro atoms. The maximum absolute atomic E-state index is 5.22. The second kappa shape index (κ2) is 8.87. The van der Waals surface area contributed by atoms with Crippen LogP contribution in [0.25, 0.3) is 11.0 Å². The number of anilines is 3. The Morgan fingerprint density at radius 2 is 2.11 bits per heavy atom. The minimum atomic E-state index is 0.479. The van der Waals surface area contributed by atoms with Gasteiger partial charge in [-0.25, -0.2) is 4.98 Å². The highest BCUT2D eigenvalue weighted by molar-refractivity contribution is 7.10. The SMILES string of the molecule is COCCCn1ccc2nc(Nc3cc(C)ns3)nc(NC3CCCCC3)c21. The monoisotopic (exact) mass is 400 g/mol. The van der Waals surface area contributed by atoms with Crippen LogP contribution in [-0.4, -0.2) is 38.7 Å². The van der Waals surface area contributed by atoms with Gasteiger partial charge in [0, 0.05) is 32.5 Å². The number of methoxy groups -OCH3 is 1. The van der Waals surface area contributed by atoms with Crippen LogP contribution in [0, 0.1) is 6.92 Å². The molecule has 1 aliphatic carbocycles. The van der Waals surface area contributed by atoms with Gasteiger partial charge in [-0.15, -0.1) is 0 Å². The van der Waals surface area contributed by atoms with Crippen molar-refractivity contribution in [2.45, 2.75) is 58.0 Å². The van der Waals surface area contributed by atoms with Crippen LogP contribution in [0.4, 0.5) is 16.8 Å². The van der Waals surface area contributed by atoms with Gasteiger partial charge in [-0.2, -0.15) is 9.36 Å². The number of fused-ring (bicyclic) bond motifs is 1. The van der Waals surface area contributed by atoms with Crippen LogP contribution in [0.2, 0.25) is 0 Å². The van der Waals surface area contributed by atoms with Gasteiger partial charge in [0.2, 0.25) is 5.95 Å². The molecule has 3 aromatic rings. The minimum absolute atomic E-state index is 0.479. The van der Waals surface area contributed by atoms with E-state index in [0.29, 0.717) is 12.0 Å². The van der Waals surface area contributed by atoms with E-state index in [1.807, 2.05) is 13.0 Å². The van der Waals surface area contributed by atoms with Crippen molar-refractivity contribution in [1.29, 1.82) is 0 Å². The molecule has 150 valence electrons. The van der Waals surface area contributed by atoms with Gasteiger partial charge in [0.1, 0.15) is 10.5 Å². The van der Waals surface area contributed by atoms with E-state index in [1.54, 1.807) is 7.11 Å². The minimum Gasteiger partial charge on any atom is -0.385 e. The van der Waals surface area contributed by atoms with Crippen molar-refractivity contribution in [3.63, 3.8) is 0 Å². The highest BCUT2D eigenvalue weighted by Gasteiger charge is 2.18. The first-order valence-corrected chi connectivity index (χ1v) is 10.8. The zero-order valence-corrected chi connectivity index (χ0v) is 17.4. The lowest BCUT2D eigenvalue weighted by Crippen LogP contribution is -2.23. The fourth-order valence-corrected chi connectivity index (χ4v) is 4.46.